The van der Waals surface area contributed by atoms with Crippen LogP contribution >= 0.6 is 27.7 Å². The van der Waals surface area contributed by atoms with Gasteiger partial charge in [-0.25, -0.2) is 4.39 Å². The number of para-hydroxylation sites is 2. The van der Waals surface area contributed by atoms with E-state index < -0.39 is 0 Å². The number of hydrogen-bond acceptors (Lipinski definition) is 2. The van der Waals surface area contributed by atoms with Gasteiger partial charge in [0, 0.05) is 10.0 Å². The minimum Gasteiger partial charge on any atom is -0.454 e. The van der Waals surface area contributed by atoms with Crippen molar-refractivity contribution in [3.05, 3.63) is 71.0 Å². The summed E-state index contributed by atoms with van der Waals surface area (Å²) >= 11 is 5.02. The van der Waals surface area contributed by atoms with E-state index in [-0.39, 0.29) is 5.82 Å². The van der Waals surface area contributed by atoms with Crippen LogP contribution in [0.3, 0.4) is 0 Å². The Morgan fingerprint density at radius 3 is 2.59 bits per heavy atom. The Morgan fingerprint density at radius 1 is 0.909 bits per heavy atom. The van der Waals surface area contributed by atoms with Crippen LogP contribution in [-0.4, -0.2) is 0 Å². The summed E-state index contributed by atoms with van der Waals surface area (Å²) in [5, 5.41) is 0. The van der Waals surface area contributed by atoms with Gasteiger partial charge in [-0.15, -0.1) is 0 Å². The molecule has 0 radical (unpaired) electrons. The quantitative estimate of drug-likeness (QED) is 0.376. The van der Waals surface area contributed by atoms with Crippen molar-refractivity contribution in [2.45, 2.75) is 9.79 Å². The minimum absolute atomic E-state index is 0.272. The molecule has 4 rings (SSSR count). The van der Waals surface area contributed by atoms with Crippen LogP contribution in [0.4, 0.5) is 4.39 Å². The number of hydrogen-bond donors (Lipinski definition) is 0. The average molecular weight is 373 g/mol. The molecule has 1 aliphatic heterocycles. The van der Waals surface area contributed by atoms with E-state index in [1.807, 2.05) is 48.5 Å². The lowest BCUT2D eigenvalue weighted by Gasteiger charge is -2.22. The Balaban J connectivity index is 1.87. The summed E-state index contributed by atoms with van der Waals surface area (Å²) < 4.78 is 20.5. The van der Waals surface area contributed by atoms with Crippen LogP contribution in [0.2, 0.25) is 0 Å². The normalized spacial score (nSPS) is 12.3. The second-order valence-electron chi connectivity index (χ2n) is 4.94. The predicted octanol–water partition coefficient (Wildman–Crippen LogP) is 6.51. The Labute approximate surface area is 140 Å². The van der Waals surface area contributed by atoms with E-state index in [0.717, 1.165) is 32.4 Å². The van der Waals surface area contributed by atoms with Gasteiger partial charge in [0.2, 0.25) is 0 Å². The standard InChI is InChI=1S/C18H10BrFOS/c19-12-8-11(9-13(20)10-12)14-4-3-7-17-18(14)21-15-5-1-2-6-16(15)22-17/h1-10H. The Morgan fingerprint density at radius 2 is 1.73 bits per heavy atom. The van der Waals surface area contributed by atoms with E-state index in [0.29, 0.717) is 4.47 Å². The summed E-state index contributed by atoms with van der Waals surface area (Å²) in [6.07, 6.45) is 0. The summed E-state index contributed by atoms with van der Waals surface area (Å²) in [6, 6.07) is 18.7. The van der Waals surface area contributed by atoms with Crippen molar-refractivity contribution >= 4 is 27.7 Å². The molecule has 0 saturated heterocycles. The molecule has 22 heavy (non-hydrogen) atoms. The number of ether oxygens (including phenoxy) is 1. The zero-order chi connectivity index (χ0) is 15.1. The zero-order valence-electron chi connectivity index (χ0n) is 11.3. The molecule has 0 bridgehead atoms. The van der Waals surface area contributed by atoms with Gasteiger partial charge in [0.05, 0.1) is 9.79 Å². The highest BCUT2D eigenvalue weighted by atomic mass is 79.9. The minimum atomic E-state index is -0.272. The maximum absolute atomic E-state index is 13.7. The van der Waals surface area contributed by atoms with Gasteiger partial charge in [-0.2, -0.15) is 0 Å². The largest absolute Gasteiger partial charge is 0.454 e. The molecule has 1 aliphatic rings. The zero-order valence-corrected chi connectivity index (χ0v) is 13.7. The lowest BCUT2D eigenvalue weighted by atomic mass is 10.0. The monoisotopic (exact) mass is 372 g/mol. The van der Waals surface area contributed by atoms with Crippen molar-refractivity contribution < 1.29 is 9.13 Å². The number of fused-ring (bicyclic) bond motifs is 2. The van der Waals surface area contributed by atoms with Gasteiger partial charge < -0.3 is 4.74 Å². The molecule has 108 valence electrons. The van der Waals surface area contributed by atoms with E-state index in [1.54, 1.807) is 11.8 Å². The number of benzene rings is 3. The van der Waals surface area contributed by atoms with Crippen LogP contribution in [-0.2, 0) is 0 Å². The van der Waals surface area contributed by atoms with Crippen LogP contribution < -0.4 is 4.74 Å². The summed E-state index contributed by atoms with van der Waals surface area (Å²) in [5.74, 6) is 1.34. The SMILES string of the molecule is Fc1cc(Br)cc(-c2cccc3c2Oc2ccccc2S3)c1. The van der Waals surface area contributed by atoms with Crippen LogP contribution in [0.1, 0.15) is 0 Å². The molecule has 0 aliphatic carbocycles. The van der Waals surface area contributed by atoms with Crippen molar-refractivity contribution in [3.63, 3.8) is 0 Å². The van der Waals surface area contributed by atoms with Crippen LogP contribution in [0.5, 0.6) is 11.5 Å². The molecule has 3 aromatic carbocycles. The molecular weight excluding hydrogens is 363 g/mol. The van der Waals surface area contributed by atoms with Crippen LogP contribution in [0.25, 0.3) is 11.1 Å². The summed E-state index contributed by atoms with van der Waals surface area (Å²) in [4.78, 5) is 2.13. The molecule has 0 atom stereocenters. The fraction of sp³-hybridized carbons (Fsp3) is 0. The van der Waals surface area contributed by atoms with Crippen molar-refractivity contribution in [1.82, 2.24) is 0 Å². The third-order valence-corrected chi connectivity index (χ3v) is 4.99. The van der Waals surface area contributed by atoms with Gasteiger partial charge in [0.25, 0.3) is 0 Å². The molecule has 0 amide bonds. The van der Waals surface area contributed by atoms with Gasteiger partial charge in [-0.3, -0.25) is 0 Å². The third-order valence-electron chi connectivity index (χ3n) is 3.43. The van der Waals surface area contributed by atoms with E-state index in [4.69, 9.17) is 4.74 Å². The summed E-state index contributed by atoms with van der Waals surface area (Å²) in [6.45, 7) is 0. The molecular formula is C18H10BrFOS. The molecule has 1 heterocycles. The topological polar surface area (TPSA) is 9.23 Å². The van der Waals surface area contributed by atoms with Crippen LogP contribution in [0.15, 0.2) is 74.9 Å². The Hall–Kier alpha value is -1.78. The van der Waals surface area contributed by atoms with Gasteiger partial charge in [0.1, 0.15) is 17.3 Å². The number of halogens is 2. The lowest BCUT2D eigenvalue weighted by molar-refractivity contribution is 0.456. The van der Waals surface area contributed by atoms with Gasteiger partial charge in [-0.05, 0) is 42.0 Å². The fourth-order valence-corrected chi connectivity index (χ4v) is 3.94. The highest BCUT2D eigenvalue weighted by Crippen LogP contribution is 2.50. The molecule has 4 heteroatoms. The Bertz CT molecular complexity index is 858. The predicted molar refractivity (Wildman–Crippen MR) is 90.2 cm³/mol. The van der Waals surface area contributed by atoms with Gasteiger partial charge in [-0.1, -0.05) is 52.0 Å². The first-order valence-electron chi connectivity index (χ1n) is 6.75. The summed E-state index contributed by atoms with van der Waals surface area (Å²) in [7, 11) is 0. The molecule has 0 fully saturated rings. The molecule has 0 spiro atoms. The van der Waals surface area contributed by atoms with E-state index >= 15 is 0 Å². The maximum atomic E-state index is 13.7. The van der Waals surface area contributed by atoms with Crippen molar-refractivity contribution in [2.24, 2.45) is 0 Å². The van der Waals surface area contributed by atoms with Crippen molar-refractivity contribution in [3.8, 4) is 22.6 Å². The molecule has 0 aromatic heterocycles. The molecule has 3 aromatic rings. The van der Waals surface area contributed by atoms with E-state index in [2.05, 4.69) is 15.9 Å². The molecule has 0 saturated carbocycles. The molecule has 0 N–H and O–H groups in total. The fourth-order valence-electron chi connectivity index (χ4n) is 2.49. The van der Waals surface area contributed by atoms with E-state index in [9.17, 15) is 4.39 Å². The first-order chi connectivity index (χ1) is 10.7. The molecule has 0 unspecified atom stereocenters. The van der Waals surface area contributed by atoms with Crippen molar-refractivity contribution in [1.29, 1.82) is 0 Å². The highest BCUT2D eigenvalue weighted by Gasteiger charge is 2.21. The third kappa shape index (κ3) is 2.42. The van der Waals surface area contributed by atoms with E-state index in [1.165, 1.54) is 12.1 Å². The van der Waals surface area contributed by atoms with Crippen LogP contribution in [0, 0.1) is 5.82 Å². The average Bonchev–Trinajstić information content (AvgIpc) is 2.51. The first kappa shape index (κ1) is 13.9. The smallest absolute Gasteiger partial charge is 0.149 e. The summed E-state index contributed by atoms with van der Waals surface area (Å²) in [5.41, 5.74) is 1.68. The Kier molecular flexibility index (Phi) is 3.43. The highest BCUT2D eigenvalue weighted by molar-refractivity contribution is 9.10. The second kappa shape index (κ2) is 5.45. The maximum Gasteiger partial charge on any atom is 0.149 e. The molecule has 1 nitrogen and oxygen atoms in total. The lowest BCUT2D eigenvalue weighted by Crippen LogP contribution is -1.97. The van der Waals surface area contributed by atoms with Crippen molar-refractivity contribution in [2.75, 3.05) is 0 Å². The number of rotatable bonds is 1. The van der Waals surface area contributed by atoms with Gasteiger partial charge >= 0.3 is 0 Å². The van der Waals surface area contributed by atoms with Gasteiger partial charge in [0.15, 0.2) is 0 Å². The first-order valence-corrected chi connectivity index (χ1v) is 8.36. The second-order valence-corrected chi connectivity index (χ2v) is 6.94.